The molecule has 0 radical (unpaired) electrons. The van der Waals surface area contributed by atoms with E-state index in [0.717, 1.165) is 0 Å². The Morgan fingerprint density at radius 3 is 2.39 bits per heavy atom. The van der Waals surface area contributed by atoms with E-state index in [1.807, 2.05) is 0 Å². The van der Waals surface area contributed by atoms with Gasteiger partial charge >= 0.3 is 5.97 Å². The number of hydrogen-bond donors (Lipinski definition) is 0. The first-order valence-corrected chi connectivity index (χ1v) is 6.36. The second-order valence-electron chi connectivity index (χ2n) is 4.85. The summed E-state index contributed by atoms with van der Waals surface area (Å²) in [6.07, 6.45) is 0.684. The summed E-state index contributed by atoms with van der Waals surface area (Å²) in [5.74, 6) is -0.00640. The molecule has 1 unspecified atom stereocenters. The van der Waals surface area contributed by atoms with Gasteiger partial charge in [0.1, 0.15) is 12.2 Å². The number of ketones is 1. The highest BCUT2D eigenvalue weighted by Gasteiger charge is 2.29. The highest BCUT2D eigenvalue weighted by atomic mass is 16.7. The van der Waals surface area contributed by atoms with Crippen LogP contribution in [0.2, 0.25) is 0 Å². The van der Waals surface area contributed by atoms with Crippen molar-refractivity contribution in [1.29, 1.82) is 0 Å². The fraction of sp³-hybridized carbons (Fsp3) is 0.846. The Balaban J connectivity index is 2.37. The van der Waals surface area contributed by atoms with Crippen LogP contribution in [-0.2, 0) is 23.8 Å². The molecular formula is C13H22O5. The first-order valence-electron chi connectivity index (χ1n) is 6.36. The Labute approximate surface area is 108 Å². The van der Waals surface area contributed by atoms with Crippen molar-refractivity contribution < 1.29 is 23.8 Å². The Bertz CT molecular complexity index is 281. The van der Waals surface area contributed by atoms with E-state index in [4.69, 9.17) is 9.47 Å². The molecule has 0 aromatic rings. The minimum absolute atomic E-state index is 0.0921. The van der Waals surface area contributed by atoms with Crippen LogP contribution in [0.15, 0.2) is 0 Å². The fourth-order valence-corrected chi connectivity index (χ4v) is 2.06. The first kappa shape index (κ1) is 15.1. The largest absolute Gasteiger partial charge is 0.469 e. The van der Waals surface area contributed by atoms with E-state index in [1.165, 1.54) is 7.11 Å². The predicted octanol–water partition coefficient (Wildman–Crippen LogP) is 1.54. The van der Waals surface area contributed by atoms with Crippen molar-refractivity contribution in [1.82, 2.24) is 0 Å². The summed E-state index contributed by atoms with van der Waals surface area (Å²) >= 11 is 0. The summed E-state index contributed by atoms with van der Waals surface area (Å²) in [5, 5.41) is 0. The first-order chi connectivity index (χ1) is 8.54. The Morgan fingerprint density at radius 2 is 1.89 bits per heavy atom. The SMILES string of the molecule is COC(=O)CC(=O)CCC(C(C)C)C1OCCO1. The van der Waals surface area contributed by atoms with Gasteiger partial charge < -0.3 is 14.2 Å². The molecule has 0 spiro atoms. The van der Waals surface area contributed by atoms with E-state index < -0.39 is 5.97 Å². The lowest BCUT2D eigenvalue weighted by atomic mass is 9.89. The number of hydrogen-bond acceptors (Lipinski definition) is 5. The maximum absolute atomic E-state index is 11.6. The van der Waals surface area contributed by atoms with Gasteiger partial charge in [0.15, 0.2) is 6.29 Å². The van der Waals surface area contributed by atoms with E-state index >= 15 is 0 Å². The van der Waals surface area contributed by atoms with Crippen LogP contribution >= 0.6 is 0 Å². The standard InChI is InChI=1S/C13H22O5/c1-9(2)11(13-17-6-7-18-13)5-4-10(14)8-12(15)16-3/h9,11,13H,4-8H2,1-3H3. The van der Waals surface area contributed by atoms with Gasteiger partial charge in [-0.1, -0.05) is 13.8 Å². The lowest BCUT2D eigenvalue weighted by Crippen LogP contribution is -2.27. The molecule has 1 atom stereocenters. The van der Waals surface area contributed by atoms with Crippen molar-refractivity contribution in [3.63, 3.8) is 0 Å². The molecule has 5 heteroatoms. The molecule has 1 saturated heterocycles. The van der Waals surface area contributed by atoms with Gasteiger partial charge in [0.2, 0.25) is 0 Å². The topological polar surface area (TPSA) is 61.8 Å². The maximum Gasteiger partial charge on any atom is 0.313 e. The monoisotopic (exact) mass is 258 g/mol. The van der Waals surface area contributed by atoms with Crippen molar-refractivity contribution >= 4 is 11.8 Å². The third-order valence-corrected chi connectivity index (χ3v) is 3.18. The van der Waals surface area contributed by atoms with Gasteiger partial charge in [-0.15, -0.1) is 0 Å². The zero-order valence-corrected chi connectivity index (χ0v) is 11.3. The summed E-state index contributed by atoms with van der Waals surface area (Å²) in [4.78, 5) is 22.5. The number of methoxy groups -OCH3 is 1. The molecule has 1 fully saturated rings. The van der Waals surface area contributed by atoms with E-state index in [9.17, 15) is 9.59 Å². The molecule has 0 amide bonds. The van der Waals surface area contributed by atoms with Crippen LogP contribution < -0.4 is 0 Å². The average molecular weight is 258 g/mol. The summed E-state index contributed by atoms with van der Waals surface area (Å²) in [5.41, 5.74) is 0. The summed E-state index contributed by atoms with van der Waals surface area (Å²) in [7, 11) is 1.28. The van der Waals surface area contributed by atoms with Crippen molar-refractivity contribution in [2.24, 2.45) is 11.8 Å². The number of ether oxygens (including phenoxy) is 3. The second-order valence-corrected chi connectivity index (χ2v) is 4.85. The van der Waals surface area contributed by atoms with Crippen LogP contribution in [0.1, 0.15) is 33.1 Å². The summed E-state index contributed by atoms with van der Waals surface area (Å²) in [6, 6.07) is 0. The van der Waals surface area contributed by atoms with Gasteiger partial charge in [0.25, 0.3) is 0 Å². The van der Waals surface area contributed by atoms with E-state index in [2.05, 4.69) is 18.6 Å². The second kappa shape index (κ2) is 7.48. The van der Waals surface area contributed by atoms with Gasteiger partial charge in [0, 0.05) is 12.3 Å². The molecule has 0 N–H and O–H groups in total. The molecule has 1 rings (SSSR count). The van der Waals surface area contributed by atoms with Crippen LogP contribution in [0.4, 0.5) is 0 Å². The van der Waals surface area contributed by atoms with Crippen molar-refractivity contribution in [3.8, 4) is 0 Å². The van der Waals surface area contributed by atoms with Gasteiger partial charge in [0.05, 0.1) is 20.3 Å². The number of esters is 1. The molecule has 0 aliphatic carbocycles. The van der Waals surface area contributed by atoms with Crippen LogP contribution in [-0.4, -0.2) is 38.4 Å². The van der Waals surface area contributed by atoms with Crippen molar-refractivity contribution in [3.05, 3.63) is 0 Å². The van der Waals surface area contributed by atoms with E-state index in [-0.39, 0.29) is 24.4 Å². The normalized spacial score (nSPS) is 18.0. The molecule has 1 aliphatic heterocycles. The third-order valence-electron chi connectivity index (χ3n) is 3.18. The number of carbonyl (C=O) groups is 2. The summed E-state index contributed by atoms with van der Waals surface area (Å²) < 4.78 is 15.4. The molecule has 104 valence electrons. The zero-order chi connectivity index (χ0) is 13.5. The van der Waals surface area contributed by atoms with Crippen LogP contribution in [0.3, 0.4) is 0 Å². The van der Waals surface area contributed by atoms with Crippen LogP contribution in [0, 0.1) is 11.8 Å². The summed E-state index contributed by atoms with van der Waals surface area (Å²) in [6.45, 7) is 5.40. The predicted molar refractivity (Wildman–Crippen MR) is 64.9 cm³/mol. The molecule has 0 bridgehead atoms. The van der Waals surface area contributed by atoms with Gasteiger partial charge in [-0.3, -0.25) is 9.59 Å². The average Bonchev–Trinajstić information content (AvgIpc) is 2.82. The minimum Gasteiger partial charge on any atom is -0.469 e. The lowest BCUT2D eigenvalue weighted by Gasteiger charge is -2.25. The molecule has 5 nitrogen and oxygen atoms in total. The van der Waals surface area contributed by atoms with Crippen molar-refractivity contribution in [2.45, 2.75) is 39.4 Å². The van der Waals surface area contributed by atoms with E-state index in [0.29, 0.717) is 32.0 Å². The Morgan fingerprint density at radius 1 is 1.28 bits per heavy atom. The van der Waals surface area contributed by atoms with Crippen LogP contribution in [0.5, 0.6) is 0 Å². The molecule has 1 aliphatic rings. The highest BCUT2D eigenvalue weighted by Crippen LogP contribution is 2.26. The zero-order valence-electron chi connectivity index (χ0n) is 11.3. The Hall–Kier alpha value is -0.940. The Kier molecular flexibility index (Phi) is 6.29. The van der Waals surface area contributed by atoms with Gasteiger partial charge in [-0.2, -0.15) is 0 Å². The molecule has 1 heterocycles. The maximum atomic E-state index is 11.6. The van der Waals surface area contributed by atoms with Gasteiger partial charge in [-0.05, 0) is 12.3 Å². The number of rotatable bonds is 7. The number of carbonyl (C=O) groups excluding carboxylic acids is 2. The highest BCUT2D eigenvalue weighted by molar-refractivity contribution is 5.95. The lowest BCUT2D eigenvalue weighted by molar-refractivity contribution is -0.143. The van der Waals surface area contributed by atoms with E-state index in [1.54, 1.807) is 0 Å². The third kappa shape index (κ3) is 4.74. The molecule has 0 aromatic heterocycles. The molecule has 0 aromatic carbocycles. The van der Waals surface area contributed by atoms with Crippen LogP contribution in [0.25, 0.3) is 0 Å². The quantitative estimate of drug-likeness (QED) is 0.512. The number of Topliss-reactive ketones (excluding diaryl/α,β-unsaturated/α-hetero) is 1. The molecule has 0 saturated carbocycles. The molecule has 18 heavy (non-hydrogen) atoms. The minimum atomic E-state index is -0.477. The fourth-order valence-electron chi connectivity index (χ4n) is 2.06. The van der Waals surface area contributed by atoms with Crippen molar-refractivity contribution in [2.75, 3.05) is 20.3 Å². The van der Waals surface area contributed by atoms with Gasteiger partial charge in [-0.25, -0.2) is 0 Å². The smallest absolute Gasteiger partial charge is 0.313 e. The molecular weight excluding hydrogens is 236 g/mol.